The number of benzene rings is 2. The molecule has 0 aromatic heterocycles. The second-order valence-corrected chi connectivity index (χ2v) is 8.28. The Morgan fingerprint density at radius 1 is 0.862 bits per heavy atom. The number of urea groups is 2. The van der Waals surface area contributed by atoms with Gasteiger partial charge in [0.25, 0.3) is 0 Å². The Morgan fingerprint density at radius 3 is 1.86 bits per heavy atom. The smallest absolute Gasteiger partial charge is 0.321 e. The number of hydrogen-bond donors (Lipinski definition) is 2. The molecular formula is C19H18Cl4N4O2. The fourth-order valence-corrected chi connectivity index (χ4v) is 3.92. The summed E-state index contributed by atoms with van der Waals surface area (Å²) in [7, 11) is 0. The molecule has 0 bridgehead atoms. The predicted molar refractivity (Wildman–Crippen MR) is 119 cm³/mol. The summed E-state index contributed by atoms with van der Waals surface area (Å²) in [5.41, 5.74) is 0.956. The van der Waals surface area contributed by atoms with Crippen molar-refractivity contribution in [2.75, 3.05) is 30.3 Å². The van der Waals surface area contributed by atoms with Crippen LogP contribution in [0, 0.1) is 0 Å². The van der Waals surface area contributed by atoms with Gasteiger partial charge in [-0.1, -0.05) is 46.4 Å². The van der Waals surface area contributed by atoms with E-state index in [-0.39, 0.29) is 18.1 Å². The molecule has 1 heterocycles. The highest BCUT2D eigenvalue weighted by Gasteiger charge is 2.30. The first-order chi connectivity index (χ1) is 13.7. The van der Waals surface area contributed by atoms with Crippen molar-refractivity contribution in [2.45, 2.75) is 13.0 Å². The van der Waals surface area contributed by atoms with Gasteiger partial charge in [-0.2, -0.15) is 0 Å². The van der Waals surface area contributed by atoms with E-state index < -0.39 is 0 Å². The van der Waals surface area contributed by atoms with Gasteiger partial charge in [-0.25, -0.2) is 9.59 Å². The average Bonchev–Trinajstić information content (AvgIpc) is 2.66. The van der Waals surface area contributed by atoms with Crippen LogP contribution in [0.1, 0.15) is 6.92 Å². The van der Waals surface area contributed by atoms with E-state index in [0.29, 0.717) is 51.1 Å². The number of hydrogen-bond acceptors (Lipinski definition) is 2. The summed E-state index contributed by atoms with van der Waals surface area (Å²) in [6.07, 6.45) is 0. The first-order valence-corrected chi connectivity index (χ1v) is 10.3. The van der Waals surface area contributed by atoms with Crippen LogP contribution in [0.2, 0.25) is 20.1 Å². The fraction of sp³-hybridized carbons (Fsp3) is 0.263. The van der Waals surface area contributed by atoms with E-state index in [9.17, 15) is 9.59 Å². The monoisotopic (exact) mass is 474 g/mol. The molecule has 154 valence electrons. The molecule has 2 aromatic carbocycles. The van der Waals surface area contributed by atoms with Crippen molar-refractivity contribution >= 4 is 69.8 Å². The van der Waals surface area contributed by atoms with Crippen LogP contribution in [-0.2, 0) is 0 Å². The zero-order valence-electron chi connectivity index (χ0n) is 15.4. The maximum absolute atomic E-state index is 12.6. The van der Waals surface area contributed by atoms with Gasteiger partial charge in [0.1, 0.15) is 0 Å². The molecule has 1 aliphatic rings. The normalized spacial score (nSPS) is 16.5. The minimum absolute atomic E-state index is 0.193. The van der Waals surface area contributed by atoms with Crippen LogP contribution < -0.4 is 10.6 Å². The van der Waals surface area contributed by atoms with Gasteiger partial charge in [0.05, 0.1) is 21.4 Å². The van der Waals surface area contributed by atoms with Gasteiger partial charge in [-0.3, -0.25) is 0 Å². The molecule has 3 rings (SSSR count). The summed E-state index contributed by atoms with van der Waals surface area (Å²) in [5, 5.41) is 7.24. The fourth-order valence-electron chi connectivity index (χ4n) is 3.01. The standard InChI is InChI=1S/C19H18Cl4N4O2/c1-11-10-26(18(28)24-16-4-2-12(20)8-14(16)22)6-7-27(11)19(29)25-17-5-3-13(21)9-15(17)23/h2-5,8-9,11H,6-7,10H2,1H3,(H,24,28)(H,25,29). The number of anilines is 2. The minimum Gasteiger partial charge on any atom is -0.321 e. The van der Waals surface area contributed by atoms with Crippen molar-refractivity contribution in [2.24, 2.45) is 0 Å². The lowest BCUT2D eigenvalue weighted by molar-refractivity contribution is 0.124. The Balaban J connectivity index is 1.59. The highest BCUT2D eigenvalue weighted by molar-refractivity contribution is 6.37. The predicted octanol–water partition coefficient (Wildman–Crippen LogP) is 6.07. The molecule has 10 heteroatoms. The summed E-state index contributed by atoms with van der Waals surface area (Å²) >= 11 is 24.0. The highest BCUT2D eigenvalue weighted by atomic mass is 35.5. The molecular weight excluding hydrogens is 458 g/mol. The van der Waals surface area contributed by atoms with Crippen molar-refractivity contribution in [3.63, 3.8) is 0 Å². The summed E-state index contributed by atoms with van der Waals surface area (Å²) in [6, 6.07) is 8.94. The Morgan fingerprint density at radius 2 is 1.38 bits per heavy atom. The average molecular weight is 476 g/mol. The molecule has 1 atom stereocenters. The van der Waals surface area contributed by atoms with Crippen LogP contribution in [0.25, 0.3) is 0 Å². The van der Waals surface area contributed by atoms with E-state index in [2.05, 4.69) is 10.6 Å². The first kappa shape index (κ1) is 21.8. The SMILES string of the molecule is CC1CN(C(=O)Nc2ccc(Cl)cc2Cl)CCN1C(=O)Nc1ccc(Cl)cc1Cl. The molecule has 1 aliphatic heterocycles. The van der Waals surface area contributed by atoms with Gasteiger partial charge in [0.15, 0.2) is 0 Å². The second kappa shape index (κ2) is 9.30. The maximum atomic E-state index is 12.6. The molecule has 0 aliphatic carbocycles. The molecule has 2 aromatic rings. The molecule has 2 N–H and O–H groups in total. The molecule has 6 nitrogen and oxygen atoms in total. The van der Waals surface area contributed by atoms with E-state index >= 15 is 0 Å². The number of carbonyl (C=O) groups is 2. The molecule has 1 unspecified atom stereocenters. The van der Waals surface area contributed by atoms with Crippen molar-refractivity contribution < 1.29 is 9.59 Å². The molecule has 0 saturated carbocycles. The van der Waals surface area contributed by atoms with Gasteiger partial charge in [-0.05, 0) is 43.3 Å². The van der Waals surface area contributed by atoms with E-state index in [1.165, 1.54) is 0 Å². The van der Waals surface area contributed by atoms with Gasteiger partial charge in [0, 0.05) is 35.7 Å². The highest BCUT2D eigenvalue weighted by Crippen LogP contribution is 2.27. The number of nitrogens with zero attached hydrogens (tertiary/aromatic N) is 2. The first-order valence-electron chi connectivity index (χ1n) is 8.78. The van der Waals surface area contributed by atoms with Gasteiger partial charge in [0.2, 0.25) is 0 Å². The number of carbonyl (C=O) groups excluding carboxylic acids is 2. The molecule has 1 fully saturated rings. The molecule has 0 radical (unpaired) electrons. The van der Waals surface area contributed by atoms with Crippen molar-refractivity contribution in [1.29, 1.82) is 0 Å². The maximum Gasteiger partial charge on any atom is 0.322 e. The Bertz CT molecular complexity index is 940. The summed E-state index contributed by atoms with van der Waals surface area (Å²) < 4.78 is 0. The Labute approximate surface area is 188 Å². The van der Waals surface area contributed by atoms with Crippen LogP contribution >= 0.6 is 46.4 Å². The lowest BCUT2D eigenvalue weighted by Gasteiger charge is -2.39. The third-order valence-electron chi connectivity index (χ3n) is 4.52. The van der Waals surface area contributed by atoms with Crippen molar-refractivity contribution in [3.05, 3.63) is 56.5 Å². The van der Waals surface area contributed by atoms with Crippen molar-refractivity contribution in [1.82, 2.24) is 9.80 Å². The summed E-state index contributed by atoms with van der Waals surface area (Å²) in [6.45, 7) is 3.00. The molecule has 29 heavy (non-hydrogen) atoms. The Hall–Kier alpha value is -1.86. The third kappa shape index (κ3) is 5.39. The Kier molecular flexibility index (Phi) is 7.01. The summed E-state index contributed by atoms with van der Waals surface area (Å²) in [5.74, 6) is 0. The molecule has 0 spiro atoms. The van der Waals surface area contributed by atoms with Crippen LogP contribution in [0.4, 0.5) is 21.0 Å². The van der Waals surface area contributed by atoms with Gasteiger partial charge in [-0.15, -0.1) is 0 Å². The van der Waals surface area contributed by atoms with Crippen LogP contribution in [0.5, 0.6) is 0 Å². The number of nitrogens with one attached hydrogen (secondary N) is 2. The topological polar surface area (TPSA) is 64.7 Å². The second-order valence-electron chi connectivity index (χ2n) is 6.60. The minimum atomic E-state index is -0.290. The zero-order chi connectivity index (χ0) is 21.1. The van der Waals surface area contributed by atoms with E-state index in [1.54, 1.807) is 46.2 Å². The lowest BCUT2D eigenvalue weighted by Crippen LogP contribution is -2.57. The largest absolute Gasteiger partial charge is 0.322 e. The third-order valence-corrected chi connectivity index (χ3v) is 5.62. The number of rotatable bonds is 2. The molecule has 4 amide bonds. The van der Waals surface area contributed by atoms with Gasteiger partial charge >= 0.3 is 12.1 Å². The quantitative estimate of drug-likeness (QED) is 0.553. The van der Waals surface area contributed by atoms with Crippen LogP contribution in [-0.4, -0.2) is 47.5 Å². The van der Waals surface area contributed by atoms with Crippen LogP contribution in [0.15, 0.2) is 36.4 Å². The summed E-state index contributed by atoms with van der Waals surface area (Å²) in [4.78, 5) is 28.5. The van der Waals surface area contributed by atoms with Crippen LogP contribution in [0.3, 0.4) is 0 Å². The molecule has 1 saturated heterocycles. The van der Waals surface area contributed by atoms with E-state index in [1.807, 2.05) is 6.92 Å². The van der Waals surface area contributed by atoms with Crippen molar-refractivity contribution in [3.8, 4) is 0 Å². The van der Waals surface area contributed by atoms with Gasteiger partial charge < -0.3 is 20.4 Å². The van der Waals surface area contributed by atoms with E-state index in [4.69, 9.17) is 46.4 Å². The lowest BCUT2D eigenvalue weighted by atomic mass is 10.2. The number of halogens is 4. The number of piperazine rings is 1. The number of amides is 4. The zero-order valence-corrected chi connectivity index (χ0v) is 18.4. The van der Waals surface area contributed by atoms with E-state index in [0.717, 1.165) is 0 Å².